The predicted molar refractivity (Wildman–Crippen MR) is 92.3 cm³/mol. The number of halogens is 1. The van der Waals surface area contributed by atoms with E-state index >= 15 is 0 Å². The Kier molecular flexibility index (Phi) is 4.81. The Morgan fingerprint density at radius 2 is 2.08 bits per heavy atom. The molecule has 1 amide bonds. The molecule has 0 bridgehead atoms. The topological polar surface area (TPSA) is 120 Å². The minimum Gasteiger partial charge on any atom is -0.496 e. The van der Waals surface area contributed by atoms with Gasteiger partial charge >= 0.3 is 6.01 Å². The van der Waals surface area contributed by atoms with Crippen molar-refractivity contribution < 1.29 is 18.9 Å². The van der Waals surface area contributed by atoms with E-state index in [9.17, 15) is 14.9 Å². The lowest BCUT2D eigenvalue weighted by molar-refractivity contribution is -0.384. The number of ether oxygens (including phenoxy) is 1. The van der Waals surface area contributed by atoms with Crippen LogP contribution in [0.15, 0.2) is 46.9 Å². The van der Waals surface area contributed by atoms with Crippen LogP contribution in [0, 0.1) is 10.1 Å². The van der Waals surface area contributed by atoms with Crippen molar-refractivity contribution in [3.63, 3.8) is 0 Å². The molecule has 3 rings (SSSR count). The molecular formula is C16H11ClN4O5. The van der Waals surface area contributed by atoms with E-state index in [1.54, 1.807) is 18.2 Å². The first-order valence-corrected chi connectivity index (χ1v) is 7.59. The number of hydrogen-bond acceptors (Lipinski definition) is 7. The average Bonchev–Trinajstić information content (AvgIpc) is 3.10. The summed E-state index contributed by atoms with van der Waals surface area (Å²) in [6.45, 7) is 0. The number of nitrogens with one attached hydrogen (secondary N) is 1. The lowest BCUT2D eigenvalue weighted by atomic mass is 10.2. The Hall–Kier alpha value is -3.46. The van der Waals surface area contributed by atoms with Crippen molar-refractivity contribution in [2.45, 2.75) is 0 Å². The highest BCUT2D eigenvalue weighted by molar-refractivity contribution is 6.31. The first-order chi connectivity index (χ1) is 12.5. The Labute approximate surface area is 151 Å². The van der Waals surface area contributed by atoms with Gasteiger partial charge in [0.05, 0.1) is 17.6 Å². The summed E-state index contributed by atoms with van der Waals surface area (Å²) in [4.78, 5) is 22.7. The highest BCUT2D eigenvalue weighted by Crippen LogP contribution is 2.26. The number of carbonyl (C=O) groups excluding carboxylic acids is 1. The number of amides is 1. The van der Waals surface area contributed by atoms with E-state index in [-0.39, 0.29) is 23.2 Å². The van der Waals surface area contributed by atoms with Gasteiger partial charge in [-0.05, 0) is 24.3 Å². The zero-order valence-corrected chi connectivity index (χ0v) is 14.1. The third-order valence-corrected chi connectivity index (χ3v) is 3.59. The summed E-state index contributed by atoms with van der Waals surface area (Å²) in [7, 11) is 1.42. The van der Waals surface area contributed by atoms with Crippen LogP contribution in [0.1, 0.15) is 10.4 Å². The number of nitro groups is 1. The quantitative estimate of drug-likeness (QED) is 0.535. The Morgan fingerprint density at radius 3 is 2.81 bits per heavy atom. The number of benzene rings is 2. The van der Waals surface area contributed by atoms with Gasteiger partial charge < -0.3 is 9.15 Å². The van der Waals surface area contributed by atoms with Crippen molar-refractivity contribution in [3.05, 3.63) is 63.2 Å². The molecule has 132 valence electrons. The molecule has 0 aliphatic heterocycles. The lowest BCUT2D eigenvalue weighted by Gasteiger charge is -2.07. The third-order valence-electron chi connectivity index (χ3n) is 3.36. The van der Waals surface area contributed by atoms with E-state index in [0.29, 0.717) is 16.3 Å². The monoisotopic (exact) mass is 374 g/mol. The van der Waals surface area contributed by atoms with Crippen LogP contribution in [-0.2, 0) is 0 Å². The second kappa shape index (κ2) is 7.19. The number of rotatable bonds is 5. The maximum Gasteiger partial charge on any atom is 0.322 e. The maximum atomic E-state index is 12.4. The average molecular weight is 375 g/mol. The van der Waals surface area contributed by atoms with E-state index in [1.807, 2.05) is 0 Å². The van der Waals surface area contributed by atoms with Crippen molar-refractivity contribution in [2.24, 2.45) is 0 Å². The maximum absolute atomic E-state index is 12.4. The minimum atomic E-state index is -0.557. The number of nitrogens with zero attached hydrogens (tertiary/aromatic N) is 3. The van der Waals surface area contributed by atoms with Crippen LogP contribution in [0.2, 0.25) is 5.02 Å². The van der Waals surface area contributed by atoms with E-state index in [1.165, 1.54) is 31.4 Å². The second-order valence-corrected chi connectivity index (χ2v) is 5.45. The number of non-ortho nitro benzene ring substituents is 1. The van der Waals surface area contributed by atoms with Crippen molar-refractivity contribution in [1.29, 1.82) is 0 Å². The molecule has 0 saturated heterocycles. The van der Waals surface area contributed by atoms with E-state index < -0.39 is 10.8 Å². The van der Waals surface area contributed by atoms with Gasteiger partial charge in [-0.1, -0.05) is 22.8 Å². The van der Waals surface area contributed by atoms with Crippen molar-refractivity contribution in [3.8, 4) is 17.2 Å². The van der Waals surface area contributed by atoms with Gasteiger partial charge in [0.15, 0.2) is 0 Å². The molecule has 0 aliphatic carbocycles. The van der Waals surface area contributed by atoms with Crippen LogP contribution in [-0.4, -0.2) is 28.1 Å². The molecule has 1 aromatic heterocycles. The van der Waals surface area contributed by atoms with Gasteiger partial charge in [0.2, 0.25) is 5.89 Å². The predicted octanol–water partition coefficient (Wildman–Crippen LogP) is 3.56. The molecule has 2 aromatic carbocycles. The third kappa shape index (κ3) is 3.62. The molecule has 9 nitrogen and oxygen atoms in total. The number of hydrogen-bond donors (Lipinski definition) is 1. The van der Waals surface area contributed by atoms with Crippen molar-refractivity contribution in [2.75, 3.05) is 12.4 Å². The van der Waals surface area contributed by atoms with Crippen LogP contribution in [0.5, 0.6) is 5.75 Å². The van der Waals surface area contributed by atoms with Gasteiger partial charge in [0.25, 0.3) is 11.6 Å². The summed E-state index contributed by atoms with van der Waals surface area (Å²) < 4.78 is 10.5. The highest BCUT2D eigenvalue weighted by Gasteiger charge is 2.17. The number of aromatic nitrogens is 2. The molecule has 0 saturated carbocycles. The molecule has 0 aliphatic rings. The summed E-state index contributed by atoms with van der Waals surface area (Å²) in [5, 5.41) is 21.1. The van der Waals surface area contributed by atoms with E-state index in [2.05, 4.69) is 15.5 Å². The Morgan fingerprint density at radius 1 is 1.27 bits per heavy atom. The molecule has 0 radical (unpaired) electrons. The Bertz CT molecular complexity index is 988. The second-order valence-electron chi connectivity index (χ2n) is 5.02. The van der Waals surface area contributed by atoms with E-state index in [4.69, 9.17) is 20.8 Å². The molecule has 1 heterocycles. The molecular weight excluding hydrogens is 364 g/mol. The van der Waals surface area contributed by atoms with Crippen LogP contribution >= 0.6 is 11.6 Å². The van der Waals surface area contributed by atoms with Gasteiger partial charge in [-0.15, -0.1) is 5.10 Å². The fourth-order valence-electron chi connectivity index (χ4n) is 2.17. The van der Waals surface area contributed by atoms with Crippen LogP contribution < -0.4 is 10.1 Å². The largest absolute Gasteiger partial charge is 0.496 e. The minimum absolute atomic E-state index is 0.0297. The highest BCUT2D eigenvalue weighted by atomic mass is 35.5. The zero-order chi connectivity index (χ0) is 18.7. The summed E-state index contributed by atoms with van der Waals surface area (Å²) >= 11 is 5.90. The van der Waals surface area contributed by atoms with Crippen molar-refractivity contribution >= 4 is 29.2 Å². The van der Waals surface area contributed by atoms with Crippen LogP contribution in [0.4, 0.5) is 11.7 Å². The first kappa shape index (κ1) is 17.4. The van der Waals surface area contributed by atoms with Crippen LogP contribution in [0.3, 0.4) is 0 Å². The van der Waals surface area contributed by atoms with Gasteiger partial charge in [-0.3, -0.25) is 20.2 Å². The fourth-order valence-corrected chi connectivity index (χ4v) is 2.34. The summed E-state index contributed by atoms with van der Waals surface area (Å²) in [5.74, 6) is -0.203. The van der Waals surface area contributed by atoms with Gasteiger partial charge in [-0.2, -0.15) is 0 Å². The molecule has 3 aromatic rings. The normalized spacial score (nSPS) is 10.4. The molecule has 26 heavy (non-hydrogen) atoms. The summed E-state index contributed by atoms with van der Waals surface area (Å²) in [6.07, 6.45) is 0. The Balaban J connectivity index is 1.83. The standard InChI is InChI=1S/C16H11ClN4O5/c1-25-13-6-5-10(17)8-12(13)14(22)18-16-20-19-15(26-16)9-3-2-4-11(7-9)21(23)24/h2-8H,1H3,(H,18,20,22). The molecule has 1 N–H and O–H groups in total. The molecule has 10 heteroatoms. The number of anilines is 1. The molecule has 0 unspecified atom stereocenters. The van der Waals surface area contributed by atoms with Gasteiger partial charge in [-0.25, -0.2) is 0 Å². The SMILES string of the molecule is COc1ccc(Cl)cc1C(=O)Nc1nnc(-c2cccc([N+](=O)[O-])c2)o1. The number of carbonyl (C=O) groups is 1. The first-order valence-electron chi connectivity index (χ1n) is 7.21. The molecule has 0 spiro atoms. The summed E-state index contributed by atoms with van der Waals surface area (Å²) in [6, 6.07) is 10.1. The number of nitro benzene ring substituents is 1. The van der Waals surface area contributed by atoms with E-state index in [0.717, 1.165) is 0 Å². The molecule has 0 atom stereocenters. The van der Waals surface area contributed by atoms with Crippen LogP contribution in [0.25, 0.3) is 11.5 Å². The van der Waals surface area contributed by atoms with Crippen molar-refractivity contribution in [1.82, 2.24) is 10.2 Å². The zero-order valence-electron chi connectivity index (χ0n) is 13.3. The smallest absolute Gasteiger partial charge is 0.322 e. The summed E-state index contributed by atoms with van der Waals surface area (Å²) in [5.41, 5.74) is 0.428. The van der Waals surface area contributed by atoms with Gasteiger partial charge in [0, 0.05) is 22.7 Å². The fraction of sp³-hybridized carbons (Fsp3) is 0.0625. The van der Waals surface area contributed by atoms with Gasteiger partial charge in [0.1, 0.15) is 5.75 Å². The number of methoxy groups -OCH3 is 1. The lowest BCUT2D eigenvalue weighted by Crippen LogP contribution is -2.13. The molecule has 0 fully saturated rings.